The van der Waals surface area contributed by atoms with E-state index in [1.807, 2.05) is 31.2 Å². The molecule has 1 amide bonds. The van der Waals surface area contributed by atoms with E-state index < -0.39 is 16.6 Å². The molecule has 0 aromatic heterocycles. The minimum Gasteiger partial charge on any atom is -0.376 e. The minimum atomic E-state index is -0.670. The third kappa shape index (κ3) is 4.87. The molecule has 0 atom stereocenters. The van der Waals surface area contributed by atoms with Crippen LogP contribution in [0.4, 0.5) is 15.8 Å². The van der Waals surface area contributed by atoms with Crippen LogP contribution in [0.15, 0.2) is 47.6 Å². The first-order valence-electron chi connectivity index (χ1n) is 7.02. The van der Waals surface area contributed by atoms with Gasteiger partial charge in [0.1, 0.15) is 5.82 Å². The maximum atomic E-state index is 13.5. The molecule has 0 fully saturated rings. The van der Waals surface area contributed by atoms with E-state index in [2.05, 4.69) is 15.8 Å². The van der Waals surface area contributed by atoms with Gasteiger partial charge < -0.3 is 5.32 Å². The summed E-state index contributed by atoms with van der Waals surface area (Å²) in [6.07, 6.45) is 1.02. The second-order valence-corrected chi connectivity index (χ2v) is 4.98. The Hall–Kier alpha value is -3.29. The molecule has 124 valence electrons. The van der Waals surface area contributed by atoms with E-state index in [0.717, 1.165) is 35.7 Å². The van der Waals surface area contributed by atoms with Crippen LogP contribution in [0.25, 0.3) is 0 Å². The standard InChI is InChI=1S/C16H15FN4O3/c1-11-2-4-13(5-3-11)18-10-16(22)20-19-9-12-8-14(21(23)24)6-7-15(12)17/h2-9,18H,10H2,1H3,(H,20,22). The summed E-state index contributed by atoms with van der Waals surface area (Å²) < 4.78 is 13.5. The summed E-state index contributed by atoms with van der Waals surface area (Å²) >= 11 is 0. The van der Waals surface area contributed by atoms with Gasteiger partial charge in [-0.3, -0.25) is 14.9 Å². The Kier molecular flexibility index (Phi) is 5.56. The zero-order chi connectivity index (χ0) is 17.5. The summed E-state index contributed by atoms with van der Waals surface area (Å²) in [5, 5.41) is 17.2. The SMILES string of the molecule is Cc1ccc(NCC(=O)NN=Cc2cc([N+](=O)[O-])ccc2F)cc1. The van der Waals surface area contributed by atoms with Crippen LogP contribution in [0.2, 0.25) is 0 Å². The van der Waals surface area contributed by atoms with E-state index in [4.69, 9.17) is 0 Å². The van der Waals surface area contributed by atoms with Crippen molar-refractivity contribution < 1.29 is 14.1 Å². The zero-order valence-electron chi connectivity index (χ0n) is 12.8. The molecule has 2 aromatic rings. The lowest BCUT2D eigenvalue weighted by Gasteiger charge is -2.05. The lowest BCUT2D eigenvalue weighted by atomic mass is 10.2. The number of benzene rings is 2. The first kappa shape index (κ1) is 17.1. The van der Waals surface area contributed by atoms with Crippen molar-refractivity contribution in [2.75, 3.05) is 11.9 Å². The van der Waals surface area contributed by atoms with Gasteiger partial charge in [0.15, 0.2) is 0 Å². The summed E-state index contributed by atoms with van der Waals surface area (Å²) in [5.41, 5.74) is 3.76. The van der Waals surface area contributed by atoms with Crippen LogP contribution >= 0.6 is 0 Å². The van der Waals surface area contributed by atoms with Gasteiger partial charge in [0.25, 0.3) is 11.6 Å². The van der Waals surface area contributed by atoms with Crippen LogP contribution in [-0.4, -0.2) is 23.6 Å². The van der Waals surface area contributed by atoms with E-state index in [1.165, 1.54) is 0 Å². The van der Waals surface area contributed by atoms with Gasteiger partial charge in [0.2, 0.25) is 0 Å². The second kappa shape index (κ2) is 7.82. The Morgan fingerprint density at radius 1 is 1.29 bits per heavy atom. The number of carbonyl (C=O) groups excluding carboxylic acids is 1. The highest BCUT2D eigenvalue weighted by atomic mass is 19.1. The van der Waals surface area contributed by atoms with Gasteiger partial charge in [-0.25, -0.2) is 9.82 Å². The van der Waals surface area contributed by atoms with Crippen LogP contribution in [0.1, 0.15) is 11.1 Å². The number of anilines is 1. The number of hydrazone groups is 1. The van der Waals surface area contributed by atoms with Crippen molar-refractivity contribution in [2.45, 2.75) is 6.92 Å². The van der Waals surface area contributed by atoms with E-state index in [-0.39, 0.29) is 17.8 Å². The molecule has 2 rings (SSSR count). The summed E-state index contributed by atoms with van der Waals surface area (Å²) in [5.74, 6) is -1.10. The van der Waals surface area contributed by atoms with E-state index in [0.29, 0.717) is 0 Å². The van der Waals surface area contributed by atoms with Crippen molar-refractivity contribution >= 4 is 23.5 Å². The average Bonchev–Trinajstić information content (AvgIpc) is 2.56. The molecule has 2 N–H and O–H groups in total. The van der Waals surface area contributed by atoms with Crippen LogP contribution in [0.5, 0.6) is 0 Å². The number of aryl methyl sites for hydroxylation is 1. The number of carbonyl (C=O) groups is 1. The fourth-order valence-corrected chi connectivity index (χ4v) is 1.81. The van der Waals surface area contributed by atoms with E-state index in [1.54, 1.807) is 0 Å². The molecule has 0 spiro atoms. The Balaban J connectivity index is 1.89. The summed E-state index contributed by atoms with van der Waals surface area (Å²) in [6, 6.07) is 10.5. The lowest BCUT2D eigenvalue weighted by Crippen LogP contribution is -2.25. The number of rotatable bonds is 6. The van der Waals surface area contributed by atoms with Crippen LogP contribution in [-0.2, 0) is 4.79 Å². The Labute approximate surface area is 137 Å². The molecule has 0 saturated heterocycles. The van der Waals surface area contributed by atoms with Gasteiger partial charge in [0.05, 0.1) is 17.7 Å². The van der Waals surface area contributed by atoms with Crippen molar-refractivity contribution in [2.24, 2.45) is 5.10 Å². The fourth-order valence-electron chi connectivity index (χ4n) is 1.81. The van der Waals surface area contributed by atoms with Crippen molar-refractivity contribution in [1.29, 1.82) is 0 Å². The van der Waals surface area contributed by atoms with Gasteiger partial charge in [-0.05, 0) is 25.1 Å². The van der Waals surface area contributed by atoms with Gasteiger partial charge in [-0.2, -0.15) is 5.10 Å². The van der Waals surface area contributed by atoms with Crippen LogP contribution < -0.4 is 10.7 Å². The number of nitro groups is 1. The molecule has 0 heterocycles. The minimum absolute atomic E-state index is 0.0161. The number of halogens is 1. The monoisotopic (exact) mass is 330 g/mol. The first-order valence-corrected chi connectivity index (χ1v) is 7.02. The second-order valence-electron chi connectivity index (χ2n) is 4.98. The maximum Gasteiger partial charge on any atom is 0.270 e. The van der Waals surface area contributed by atoms with Crippen LogP contribution in [0.3, 0.4) is 0 Å². The molecule has 0 aliphatic carbocycles. The quantitative estimate of drug-likeness (QED) is 0.483. The highest BCUT2D eigenvalue weighted by molar-refractivity contribution is 5.84. The van der Waals surface area contributed by atoms with Gasteiger partial charge in [-0.15, -0.1) is 0 Å². The number of amides is 1. The summed E-state index contributed by atoms with van der Waals surface area (Å²) in [7, 11) is 0. The predicted molar refractivity (Wildman–Crippen MR) is 88.5 cm³/mol. The largest absolute Gasteiger partial charge is 0.376 e. The van der Waals surface area contributed by atoms with Gasteiger partial charge in [0, 0.05) is 23.4 Å². The molecule has 24 heavy (non-hydrogen) atoms. The molecule has 2 aromatic carbocycles. The highest BCUT2D eigenvalue weighted by Gasteiger charge is 2.09. The number of hydrogen-bond donors (Lipinski definition) is 2. The predicted octanol–water partition coefficient (Wildman–Crippen LogP) is 2.60. The number of non-ortho nitro benzene ring substituents is 1. The molecular weight excluding hydrogens is 315 g/mol. The van der Waals surface area contributed by atoms with Gasteiger partial charge >= 0.3 is 0 Å². The number of nitrogens with zero attached hydrogens (tertiary/aromatic N) is 2. The Morgan fingerprint density at radius 3 is 2.67 bits per heavy atom. The van der Waals surface area contributed by atoms with Crippen molar-refractivity contribution in [3.05, 3.63) is 69.5 Å². The van der Waals surface area contributed by atoms with Gasteiger partial charge in [-0.1, -0.05) is 17.7 Å². The highest BCUT2D eigenvalue weighted by Crippen LogP contribution is 2.15. The number of nitro benzene ring substituents is 1. The normalized spacial score (nSPS) is 10.6. The number of nitrogens with one attached hydrogen (secondary N) is 2. The topological polar surface area (TPSA) is 96.6 Å². The van der Waals surface area contributed by atoms with E-state index in [9.17, 15) is 19.3 Å². The number of hydrogen-bond acceptors (Lipinski definition) is 5. The first-order chi connectivity index (χ1) is 11.5. The maximum absolute atomic E-state index is 13.5. The average molecular weight is 330 g/mol. The molecular formula is C16H15FN4O3. The van der Waals surface area contributed by atoms with Crippen LogP contribution in [0, 0.1) is 22.9 Å². The van der Waals surface area contributed by atoms with E-state index >= 15 is 0 Å². The third-order valence-electron chi connectivity index (χ3n) is 3.09. The molecule has 0 unspecified atom stereocenters. The molecule has 0 bridgehead atoms. The molecule has 8 heteroatoms. The molecule has 7 nitrogen and oxygen atoms in total. The van der Waals surface area contributed by atoms with Crippen molar-refractivity contribution in [3.8, 4) is 0 Å². The Bertz CT molecular complexity index is 775. The van der Waals surface area contributed by atoms with Crippen molar-refractivity contribution in [1.82, 2.24) is 5.43 Å². The zero-order valence-corrected chi connectivity index (χ0v) is 12.8. The lowest BCUT2D eigenvalue weighted by molar-refractivity contribution is -0.384. The van der Waals surface area contributed by atoms with Crippen molar-refractivity contribution in [3.63, 3.8) is 0 Å². The molecule has 0 saturated carbocycles. The Morgan fingerprint density at radius 2 is 2.00 bits per heavy atom. The molecule has 0 aliphatic heterocycles. The molecule has 0 radical (unpaired) electrons. The summed E-state index contributed by atoms with van der Waals surface area (Å²) in [4.78, 5) is 21.7. The molecule has 0 aliphatic rings. The third-order valence-corrected chi connectivity index (χ3v) is 3.09. The summed E-state index contributed by atoms with van der Waals surface area (Å²) in [6.45, 7) is 1.94. The smallest absolute Gasteiger partial charge is 0.270 e. The fraction of sp³-hybridized carbons (Fsp3) is 0.125.